The molecule has 6 heteroatoms. The second-order valence-electron chi connectivity index (χ2n) is 5.46. The Kier molecular flexibility index (Phi) is 4.90. The van der Waals surface area contributed by atoms with Crippen molar-refractivity contribution >= 4 is 16.1 Å². The Bertz CT molecular complexity index is 682. The summed E-state index contributed by atoms with van der Waals surface area (Å²) in [5, 5.41) is 0. The van der Waals surface area contributed by atoms with Gasteiger partial charge in [-0.15, -0.1) is 0 Å². The first-order valence-electron chi connectivity index (χ1n) is 7.15. The monoisotopic (exact) mass is 324 g/mol. The second kappa shape index (κ2) is 6.52. The summed E-state index contributed by atoms with van der Waals surface area (Å²) in [5.41, 5.74) is 1.17. The molecule has 0 N–H and O–H groups in total. The molecule has 0 aliphatic heterocycles. The first kappa shape index (κ1) is 16.5. The summed E-state index contributed by atoms with van der Waals surface area (Å²) in [6, 6.07) is 6.40. The van der Waals surface area contributed by atoms with Crippen LogP contribution in [0.2, 0.25) is 0 Å². The highest BCUT2D eigenvalue weighted by atomic mass is 32.2. The predicted molar refractivity (Wildman–Crippen MR) is 81.5 cm³/mol. The van der Waals surface area contributed by atoms with E-state index < -0.39 is 16.1 Å². The van der Waals surface area contributed by atoms with Crippen molar-refractivity contribution in [2.75, 3.05) is 7.11 Å². The van der Waals surface area contributed by atoms with Crippen LogP contribution >= 0.6 is 0 Å². The Labute approximate surface area is 131 Å². The fraction of sp³-hybridized carbons (Fsp3) is 0.438. The van der Waals surface area contributed by atoms with E-state index in [-0.39, 0.29) is 22.1 Å². The summed E-state index contributed by atoms with van der Waals surface area (Å²) in [4.78, 5) is 11.8. The molecule has 0 radical (unpaired) electrons. The summed E-state index contributed by atoms with van der Waals surface area (Å²) in [6.07, 6.45) is 2.62. The van der Waals surface area contributed by atoms with Gasteiger partial charge in [0.15, 0.2) is 0 Å². The van der Waals surface area contributed by atoms with E-state index in [9.17, 15) is 13.2 Å². The molecule has 0 aromatic heterocycles. The zero-order valence-corrected chi connectivity index (χ0v) is 13.8. The van der Waals surface area contributed by atoms with E-state index in [1.165, 1.54) is 26.2 Å². The summed E-state index contributed by atoms with van der Waals surface area (Å²) in [7, 11) is -2.69. The van der Waals surface area contributed by atoms with Gasteiger partial charge >= 0.3 is 16.1 Å². The summed E-state index contributed by atoms with van der Waals surface area (Å²) < 4.78 is 34.8. The number of hydrogen-bond acceptors (Lipinski definition) is 5. The van der Waals surface area contributed by atoms with E-state index in [0.717, 1.165) is 24.8 Å². The average molecular weight is 324 g/mol. The van der Waals surface area contributed by atoms with Crippen molar-refractivity contribution in [2.24, 2.45) is 5.92 Å². The number of carbonyl (C=O) groups is 1. The molecule has 0 atom stereocenters. The molecule has 0 amide bonds. The number of benzene rings is 1. The van der Waals surface area contributed by atoms with Crippen LogP contribution in [-0.2, 0) is 23.8 Å². The number of aryl methyl sites for hydroxylation is 1. The van der Waals surface area contributed by atoms with Crippen molar-refractivity contribution in [3.05, 3.63) is 41.2 Å². The van der Waals surface area contributed by atoms with Crippen LogP contribution in [0.1, 0.15) is 31.7 Å². The number of methoxy groups -OCH3 is 1. The minimum absolute atomic E-state index is 0.0423. The summed E-state index contributed by atoms with van der Waals surface area (Å²) in [5.74, 6) is -0.404. The highest BCUT2D eigenvalue weighted by Gasteiger charge is 2.31. The number of hydrogen-bond donors (Lipinski definition) is 0. The predicted octanol–water partition coefficient (Wildman–Crippen LogP) is 2.95. The van der Waals surface area contributed by atoms with Crippen LogP contribution < -0.4 is 0 Å². The van der Waals surface area contributed by atoms with Crippen LogP contribution in [0.3, 0.4) is 0 Å². The van der Waals surface area contributed by atoms with E-state index in [1.54, 1.807) is 12.1 Å². The molecule has 22 heavy (non-hydrogen) atoms. The molecule has 0 unspecified atom stereocenters. The molecular weight excluding hydrogens is 304 g/mol. The summed E-state index contributed by atoms with van der Waals surface area (Å²) >= 11 is 0. The van der Waals surface area contributed by atoms with E-state index >= 15 is 0 Å². The van der Waals surface area contributed by atoms with Gasteiger partial charge in [-0.3, -0.25) is 0 Å². The number of allylic oxidation sites excluding steroid dienone is 1. The van der Waals surface area contributed by atoms with Crippen LogP contribution in [0.5, 0.6) is 0 Å². The average Bonchev–Trinajstić information content (AvgIpc) is 2.43. The minimum Gasteiger partial charge on any atom is -0.466 e. The Morgan fingerprint density at radius 2 is 1.77 bits per heavy atom. The molecule has 5 nitrogen and oxygen atoms in total. The molecule has 1 fully saturated rings. The third kappa shape index (κ3) is 3.50. The molecule has 1 aromatic rings. The quantitative estimate of drug-likeness (QED) is 0.360. The molecule has 2 rings (SSSR count). The Morgan fingerprint density at radius 3 is 2.23 bits per heavy atom. The summed E-state index contributed by atoms with van der Waals surface area (Å²) in [6.45, 7) is 3.41. The molecule has 1 saturated carbocycles. The third-order valence-electron chi connectivity index (χ3n) is 3.85. The van der Waals surface area contributed by atoms with Crippen LogP contribution in [-0.4, -0.2) is 21.5 Å². The second-order valence-corrected chi connectivity index (χ2v) is 7.01. The first-order valence-corrected chi connectivity index (χ1v) is 8.56. The van der Waals surface area contributed by atoms with E-state index in [0.29, 0.717) is 0 Å². The highest BCUT2D eigenvalue weighted by Crippen LogP contribution is 2.37. The zero-order valence-electron chi connectivity index (χ0n) is 13.0. The van der Waals surface area contributed by atoms with Crippen molar-refractivity contribution in [3.63, 3.8) is 0 Å². The van der Waals surface area contributed by atoms with Gasteiger partial charge in [-0.05, 0) is 38.8 Å². The van der Waals surface area contributed by atoms with Gasteiger partial charge in [-0.1, -0.05) is 24.1 Å². The fourth-order valence-corrected chi connectivity index (χ4v) is 3.30. The van der Waals surface area contributed by atoms with Crippen LogP contribution in [0.4, 0.5) is 0 Å². The van der Waals surface area contributed by atoms with Crippen molar-refractivity contribution in [2.45, 2.75) is 38.0 Å². The molecule has 0 heterocycles. The maximum Gasteiger partial charge on any atom is 0.338 e. The largest absolute Gasteiger partial charge is 0.466 e. The lowest BCUT2D eigenvalue weighted by atomic mass is 9.82. The third-order valence-corrected chi connectivity index (χ3v) is 5.09. The standard InChI is InChI=1S/C16H20O5S/c1-11-7-9-14(10-8-11)22(18,19)21-15(13-5-4-6-13)12(2)16(17)20-3/h7-10,13H,4-6H2,1-3H3. The van der Waals surface area contributed by atoms with Gasteiger partial charge < -0.3 is 8.92 Å². The molecule has 1 aliphatic carbocycles. The smallest absolute Gasteiger partial charge is 0.338 e. The van der Waals surface area contributed by atoms with Crippen molar-refractivity contribution < 1.29 is 22.1 Å². The molecule has 1 aromatic carbocycles. The van der Waals surface area contributed by atoms with Crippen LogP contribution in [0.25, 0.3) is 0 Å². The Morgan fingerprint density at radius 1 is 1.18 bits per heavy atom. The molecular formula is C16H20O5S. The van der Waals surface area contributed by atoms with Crippen molar-refractivity contribution in [1.82, 2.24) is 0 Å². The fourth-order valence-electron chi connectivity index (χ4n) is 2.23. The number of rotatable bonds is 5. The number of esters is 1. The molecule has 0 saturated heterocycles. The first-order chi connectivity index (χ1) is 10.3. The van der Waals surface area contributed by atoms with Gasteiger partial charge in [0.2, 0.25) is 0 Å². The van der Waals surface area contributed by atoms with Gasteiger partial charge in [-0.2, -0.15) is 8.42 Å². The van der Waals surface area contributed by atoms with Gasteiger partial charge in [0, 0.05) is 5.92 Å². The Balaban J connectivity index is 2.34. The van der Waals surface area contributed by atoms with Gasteiger partial charge in [0.1, 0.15) is 10.7 Å². The van der Waals surface area contributed by atoms with Crippen molar-refractivity contribution in [3.8, 4) is 0 Å². The SMILES string of the molecule is COC(=O)C(C)=C(OS(=O)(=O)c1ccc(C)cc1)C1CCC1. The number of carbonyl (C=O) groups excluding carboxylic acids is 1. The molecule has 0 bridgehead atoms. The van der Waals surface area contributed by atoms with E-state index in [4.69, 9.17) is 4.18 Å². The maximum absolute atomic E-state index is 12.4. The molecule has 1 aliphatic rings. The van der Waals surface area contributed by atoms with E-state index in [2.05, 4.69) is 4.74 Å². The van der Waals surface area contributed by atoms with Crippen LogP contribution in [0, 0.1) is 12.8 Å². The van der Waals surface area contributed by atoms with Crippen LogP contribution in [0.15, 0.2) is 40.5 Å². The molecule has 0 spiro atoms. The lowest BCUT2D eigenvalue weighted by Gasteiger charge is -2.28. The van der Waals surface area contributed by atoms with Gasteiger partial charge in [0.05, 0.1) is 12.7 Å². The number of ether oxygens (including phenoxy) is 1. The highest BCUT2D eigenvalue weighted by molar-refractivity contribution is 7.86. The normalized spacial score (nSPS) is 16.5. The van der Waals surface area contributed by atoms with Crippen molar-refractivity contribution in [1.29, 1.82) is 0 Å². The lowest BCUT2D eigenvalue weighted by molar-refractivity contribution is -0.136. The zero-order chi connectivity index (χ0) is 16.3. The topological polar surface area (TPSA) is 69.7 Å². The lowest BCUT2D eigenvalue weighted by Crippen LogP contribution is -2.22. The van der Waals surface area contributed by atoms with Gasteiger partial charge in [0.25, 0.3) is 0 Å². The minimum atomic E-state index is -3.95. The maximum atomic E-state index is 12.4. The van der Waals surface area contributed by atoms with E-state index in [1.807, 2.05) is 6.92 Å². The van der Waals surface area contributed by atoms with Gasteiger partial charge in [-0.25, -0.2) is 4.79 Å². The molecule has 120 valence electrons. The Hall–Kier alpha value is -1.82.